The average molecular weight is 238 g/mol. The molecule has 0 aromatic rings. The summed E-state index contributed by atoms with van der Waals surface area (Å²) in [4.78, 5) is 15.9. The highest BCUT2D eigenvalue weighted by Crippen LogP contribution is 2.30. The average Bonchev–Trinajstić information content (AvgIpc) is 2.72. The lowest BCUT2D eigenvalue weighted by atomic mass is 10.1. The van der Waals surface area contributed by atoms with E-state index < -0.39 is 0 Å². The van der Waals surface area contributed by atoms with Crippen molar-refractivity contribution in [2.24, 2.45) is 0 Å². The number of rotatable bonds is 1. The Bertz CT molecular complexity index is 337. The first-order valence-electron chi connectivity index (χ1n) is 6.28. The SMILES string of the molecule is CCOC(=O)N1CC2=C(C1)CN(C(C)(C)C)C2. The molecule has 0 bridgehead atoms. The van der Waals surface area contributed by atoms with Crippen molar-refractivity contribution in [3.8, 4) is 0 Å². The Hall–Kier alpha value is -1.03. The van der Waals surface area contributed by atoms with Gasteiger partial charge in [0.25, 0.3) is 0 Å². The molecule has 2 aliphatic heterocycles. The fourth-order valence-corrected chi connectivity index (χ4v) is 2.40. The first kappa shape index (κ1) is 12.4. The molecule has 0 saturated heterocycles. The van der Waals surface area contributed by atoms with Crippen LogP contribution in [0.1, 0.15) is 27.7 Å². The van der Waals surface area contributed by atoms with Crippen LogP contribution in [0.15, 0.2) is 11.1 Å². The van der Waals surface area contributed by atoms with Crippen LogP contribution in [0.3, 0.4) is 0 Å². The van der Waals surface area contributed by atoms with Crippen LogP contribution in [0.2, 0.25) is 0 Å². The van der Waals surface area contributed by atoms with Gasteiger partial charge in [0.2, 0.25) is 0 Å². The Kier molecular flexibility index (Phi) is 3.17. The zero-order chi connectivity index (χ0) is 12.6. The first-order valence-corrected chi connectivity index (χ1v) is 6.28. The fourth-order valence-electron chi connectivity index (χ4n) is 2.40. The van der Waals surface area contributed by atoms with E-state index in [1.165, 1.54) is 11.1 Å². The van der Waals surface area contributed by atoms with Gasteiger partial charge in [0.15, 0.2) is 0 Å². The minimum Gasteiger partial charge on any atom is -0.450 e. The maximum absolute atomic E-state index is 11.6. The molecule has 0 aromatic carbocycles. The Balaban J connectivity index is 1.91. The Morgan fingerprint density at radius 2 is 1.71 bits per heavy atom. The van der Waals surface area contributed by atoms with Gasteiger partial charge in [-0.2, -0.15) is 0 Å². The van der Waals surface area contributed by atoms with Crippen molar-refractivity contribution in [2.75, 3.05) is 32.8 Å². The summed E-state index contributed by atoms with van der Waals surface area (Å²) >= 11 is 0. The molecule has 17 heavy (non-hydrogen) atoms. The molecular weight excluding hydrogens is 216 g/mol. The highest BCUT2D eigenvalue weighted by atomic mass is 16.6. The minimum atomic E-state index is -0.177. The summed E-state index contributed by atoms with van der Waals surface area (Å²) in [6, 6.07) is 0. The van der Waals surface area contributed by atoms with E-state index in [-0.39, 0.29) is 11.6 Å². The van der Waals surface area contributed by atoms with Crippen LogP contribution in [-0.4, -0.2) is 54.2 Å². The maximum Gasteiger partial charge on any atom is 0.410 e. The van der Waals surface area contributed by atoms with Crippen LogP contribution in [0.25, 0.3) is 0 Å². The molecule has 4 heteroatoms. The molecule has 4 nitrogen and oxygen atoms in total. The van der Waals surface area contributed by atoms with Crippen LogP contribution in [-0.2, 0) is 4.74 Å². The van der Waals surface area contributed by atoms with Gasteiger partial charge in [-0.15, -0.1) is 0 Å². The number of hydrogen-bond donors (Lipinski definition) is 0. The van der Waals surface area contributed by atoms with Crippen molar-refractivity contribution in [3.63, 3.8) is 0 Å². The summed E-state index contributed by atoms with van der Waals surface area (Å²) in [5, 5.41) is 0. The molecule has 1 amide bonds. The molecule has 2 aliphatic rings. The molecule has 0 saturated carbocycles. The third-order valence-electron chi connectivity index (χ3n) is 3.50. The van der Waals surface area contributed by atoms with Crippen LogP contribution in [0, 0.1) is 0 Å². The monoisotopic (exact) mass is 238 g/mol. The molecule has 2 heterocycles. The van der Waals surface area contributed by atoms with Crippen molar-refractivity contribution in [1.82, 2.24) is 9.80 Å². The van der Waals surface area contributed by atoms with E-state index in [4.69, 9.17) is 4.74 Å². The topological polar surface area (TPSA) is 32.8 Å². The van der Waals surface area contributed by atoms with E-state index in [0.717, 1.165) is 26.2 Å². The lowest BCUT2D eigenvalue weighted by molar-refractivity contribution is 0.112. The molecule has 0 radical (unpaired) electrons. The molecule has 0 N–H and O–H groups in total. The summed E-state index contributed by atoms with van der Waals surface area (Å²) in [6.07, 6.45) is -0.177. The zero-order valence-electron chi connectivity index (χ0n) is 11.2. The van der Waals surface area contributed by atoms with Gasteiger partial charge >= 0.3 is 6.09 Å². The van der Waals surface area contributed by atoms with Gasteiger partial charge in [-0.25, -0.2) is 4.79 Å². The van der Waals surface area contributed by atoms with Gasteiger partial charge in [-0.1, -0.05) is 0 Å². The molecule has 0 fully saturated rings. The van der Waals surface area contributed by atoms with Crippen molar-refractivity contribution in [1.29, 1.82) is 0 Å². The van der Waals surface area contributed by atoms with E-state index in [1.54, 1.807) is 4.90 Å². The van der Waals surface area contributed by atoms with Gasteiger partial charge < -0.3 is 9.64 Å². The summed E-state index contributed by atoms with van der Waals surface area (Å²) in [6.45, 7) is 12.5. The highest BCUT2D eigenvalue weighted by molar-refractivity contribution is 5.69. The second-order valence-electron chi connectivity index (χ2n) is 5.79. The molecule has 96 valence electrons. The molecular formula is C13H22N2O2. The van der Waals surface area contributed by atoms with E-state index in [0.29, 0.717) is 6.61 Å². The number of hydrogen-bond acceptors (Lipinski definition) is 3. The Morgan fingerprint density at radius 3 is 2.12 bits per heavy atom. The van der Waals surface area contributed by atoms with E-state index >= 15 is 0 Å². The van der Waals surface area contributed by atoms with E-state index in [9.17, 15) is 4.79 Å². The smallest absolute Gasteiger partial charge is 0.410 e. The number of ether oxygens (including phenoxy) is 1. The standard InChI is InChI=1S/C13H22N2O2/c1-5-17-12(16)14-6-10-8-15(13(2,3)4)9-11(10)7-14/h5-9H2,1-4H3. The predicted molar refractivity (Wildman–Crippen MR) is 66.9 cm³/mol. The molecule has 0 aliphatic carbocycles. The van der Waals surface area contributed by atoms with Crippen molar-refractivity contribution in [3.05, 3.63) is 11.1 Å². The van der Waals surface area contributed by atoms with Gasteiger partial charge in [0.1, 0.15) is 0 Å². The first-order chi connectivity index (χ1) is 7.91. The van der Waals surface area contributed by atoms with Gasteiger partial charge in [0, 0.05) is 31.7 Å². The zero-order valence-corrected chi connectivity index (χ0v) is 11.2. The summed E-state index contributed by atoms with van der Waals surface area (Å²) in [5.41, 5.74) is 3.03. The summed E-state index contributed by atoms with van der Waals surface area (Å²) < 4.78 is 5.03. The van der Waals surface area contributed by atoms with Crippen molar-refractivity contribution < 1.29 is 9.53 Å². The van der Waals surface area contributed by atoms with Gasteiger partial charge in [-0.05, 0) is 38.8 Å². The molecule has 2 rings (SSSR count). The van der Waals surface area contributed by atoms with Crippen molar-refractivity contribution >= 4 is 6.09 Å². The third-order valence-corrected chi connectivity index (χ3v) is 3.50. The highest BCUT2D eigenvalue weighted by Gasteiger charge is 2.36. The van der Waals surface area contributed by atoms with Crippen molar-refractivity contribution in [2.45, 2.75) is 33.2 Å². The number of amides is 1. The fraction of sp³-hybridized carbons (Fsp3) is 0.769. The maximum atomic E-state index is 11.6. The lowest BCUT2D eigenvalue weighted by Gasteiger charge is -2.33. The number of carbonyl (C=O) groups is 1. The summed E-state index contributed by atoms with van der Waals surface area (Å²) in [5.74, 6) is 0. The van der Waals surface area contributed by atoms with E-state index in [2.05, 4.69) is 25.7 Å². The number of nitrogens with zero attached hydrogens (tertiary/aromatic N) is 2. The quantitative estimate of drug-likeness (QED) is 0.654. The molecule has 0 spiro atoms. The number of carbonyl (C=O) groups excluding carboxylic acids is 1. The largest absolute Gasteiger partial charge is 0.450 e. The predicted octanol–water partition coefficient (Wildman–Crippen LogP) is 1.87. The van der Waals surface area contributed by atoms with Crippen LogP contribution < -0.4 is 0 Å². The van der Waals surface area contributed by atoms with E-state index in [1.807, 2.05) is 6.92 Å². The normalized spacial score (nSPS) is 21.1. The van der Waals surface area contributed by atoms with Gasteiger partial charge in [0.05, 0.1) is 6.61 Å². The van der Waals surface area contributed by atoms with Crippen LogP contribution in [0.4, 0.5) is 4.79 Å². The second-order valence-corrected chi connectivity index (χ2v) is 5.79. The minimum absolute atomic E-state index is 0.177. The molecule has 0 aromatic heterocycles. The Morgan fingerprint density at radius 1 is 1.18 bits per heavy atom. The third kappa shape index (κ3) is 2.46. The van der Waals surface area contributed by atoms with Crippen LogP contribution in [0.5, 0.6) is 0 Å². The summed E-state index contributed by atoms with van der Waals surface area (Å²) in [7, 11) is 0. The van der Waals surface area contributed by atoms with Crippen LogP contribution >= 0.6 is 0 Å². The Labute approximate surface area is 103 Å². The molecule has 0 unspecified atom stereocenters. The molecule has 0 atom stereocenters. The second kappa shape index (κ2) is 4.33. The lowest BCUT2D eigenvalue weighted by Crippen LogP contribution is -2.42. The van der Waals surface area contributed by atoms with Gasteiger partial charge in [-0.3, -0.25) is 4.90 Å².